The second kappa shape index (κ2) is 4.35. The van der Waals surface area contributed by atoms with Gasteiger partial charge in [-0.3, -0.25) is 4.79 Å². The Morgan fingerprint density at radius 1 is 1.47 bits per heavy atom. The molecule has 2 bridgehead atoms. The van der Waals surface area contributed by atoms with Gasteiger partial charge < -0.3 is 9.47 Å². The first-order chi connectivity index (χ1) is 7.20. The van der Waals surface area contributed by atoms with Gasteiger partial charge in [0, 0.05) is 20.0 Å². The molecule has 15 heavy (non-hydrogen) atoms. The van der Waals surface area contributed by atoms with E-state index >= 15 is 0 Å². The van der Waals surface area contributed by atoms with Gasteiger partial charge in [0.15, 0.2) is 0 Å². The van der Waals surface area contributed by atoms with Crippen molar-refractivity contribution in [3.8, 4) is 0 Å². The fraction of sp³-hybridized carbons (Fsp3) is 0.750. The fourth-order valence-corrected chi connectivity index (χ4v) is 2.87. The third-order valence-electron chi connectivity index (χ3n) is 3.46. The standard InChI is InChI=1S/C12H18O3/c1-8(13)15-12(7-14-2)11-6-9-3-4-10(11)5-9/h3-4,9-12H,5-7H2,1-2H3. The van der Waals surface area contributed by atoms with E-state index in [0.29, 0.717) is 24.4 Å². The molecule has 2 aliphatic rings. The Kier molecular flexibility index (Phi) is 3.10. The van der Waals surface area contributed by atoms with Crippen LogP contribution in [0.15, 0.2) is 12.2 Å². The second-order valence-electron chi connectivity index (χ2n) is 4.55. The molecule has 0 aliphatic heterocycles. The number of hydrogen-bond donors (Lipinski definition) is 0. The first-order valence-corrected chi connectivity index (χ1v) is 5.55. The topological polar surface area (TPSA) is 35.5 Å². The number of fused-ring (bicyclic) bond motifs is 2. The predicted molar refractivity (Wildman–Crippen MR) is 56.3 cm³/mol. The number of esters is 1. The molecule has 1 saturated carbocycles. The molecular formula is C12H18O3. The Morgan fingerprint density at radius 2 is 2.27 bits per heavy atom. The molecule has 2 aliphatic carbocycles. The van der Waals surface area contributed by atoms with Gasteiger partial charge in [0.05, 0.1) is 6.61 Å². The summed E-state index contributed by atoms with van der Waals surface area (Å²) in [5.74, 6) is 1.55. The number of carbonyl (C=O) groups is 1. The molecule has 0 spiro atoms. The minimum Gasteiger partial charge on any atom is -0.460 e. The van der Waals surface area contributed by atoms with E-state index < -0.39 is 0 Å². The van der Waals surface area contributed by atoms with Crippen LogP contribution < -0.4 is 0 Å². The van der Waals surface area contributed by atoms with Crippen molar-refractivity contribution in [2.45, 2.75) is 25.9 Å². The molecular weight excluding hydrogens is 192 g/mol. The summed E-state index contributed by atoms with van der Waals surface area (Å²) in [7, 11) is 1.65. The maximum atomic E-state index is 11.0. The molecule has 4 atom stereocenters. The molecule has 3 nitrogen and oxygen atoms in total. The van der Waals surface area contributed by atoms with Crippen molar-refractivity contribution in [2.75, 3.05) is 13.7 Å². The number of carbonyl (C=O) groups excluding carboxylic acids is 1. The van der Waals surface area contributed by atoms with Crippen molar-refractivity contribution in [3.05, 3.63) is 12.2 Å². The number of rotatable bonds is 4. The smallest absolute Gasteiger partial charge is 0.302 e. The van der Waals surface area contributed by atoms with Crippen LogP contribution in [0.3, 0.4) is 0 Å². The Hall–Kier alpha value is -0.830. The maximum absolute atomic E-state index is 11.0. The van der Waals surface area contributed by atoms with Crippen LogP contribution in [0.2, 0.25) is 0 Å². The molecule has 4 unspecified atom stereocenters. The summed E-state index contributed by atoms with van der Waals surface area (Å²) < 4.78 is 10.5. The first kappa shape index (κ1) is 10.7. The minimum absolute atomic E-state index is 0.0625. The highest BCUT2D eigenvalue weighted by Gasteiger charge is 2.41. The lowest BCUT2D eigenvalue weighted by Gasteiger charge is -2.27. The molecule has 0 heterocycles. The van der Waals surface area contributed by atoms with Crippen molar-refractivity contribution in [2.24, 2.45) is 17.8 Å². The lowest BCUT2D eigenvalue weighted by molar-refractivity contribution is -0.153. The molecule has 84 valence electrons. The van der Waals surface area contributed by atoms with E-state index in [4.69, 9.17) is 9.47 Å². The number of methoxy groups -OCH3 is 1. The second-order valence-corrected chi connectivity index (χ2v) is 4.55. The molecule has 2 rings (SSSR count). The summed E-state index contributed by atoms with van der Waals surface area (Å²) in [6.45, 7) is 1.98. The Morgan fingerprint density at radius 3 is 2.73 bits per heavy atom. The van der Waals surface area contributed by atoms with Crippen LogP contribution >= 0.6 is 0 Å². The predicted octanol–water partition coefficient (Wildman–Crippen LogP) is 1.78. The van der Waals surface area contributed by atoms with Gasteiger partial charge in [0.2, 0.25) is 0 Å². The van der Waals surface area contributed by atoms with Crippen LogP contribution in [0.5, 0.6) is 0 Å². The van der Waals surface area contributed by atoms with E-state index in [2.05, 4.69) is 12.2 Å². The van der Waals surface area contributed by atoms with E-state index in [1.807, 2.05) is 0 Å². The van der Waals surface area contributed by atoms with Crippen LogP contribution in [0.25, 0.3) is 0 Å². The molecule has 0 radical (unpaired) electrons. The minimum atomic E-state index is -0.205. The van der Waals surface area contributed by atoms with Crippen molar-refractivity contribution in [1.82, 2.24) is 0 Å². The number of allylic oxidation sites excluding steroid dienone is 2. The van der Waals surface area contributed by atoms with Gasteiger partial charge in [-0.05, 0) is 24.7 Å². The Labute approximate surface area is 90.4 Å². The number of ether oxygens (including phenoxy) is 2. The third kappa shape index (κ3) is 2.23. The lowest BCUT2D eigenvalue weighted by Crippen LogP contribution is -2.32. The molecule has 1 fully saturated rings. The zero-order valence-corrected chi connectivity index (χ0v) is 9.31. The quantitative estimate of drug-likeness (QED) is 0.524. The normalized spacial score (nSPS) is 34.4. The lowest BCUT2D eigenvalue weighted by atomic mass is 9.88. The third-order valence-corrected chi connectivity index (χ3v) is 3.46. The fourth-order valence-electron chi connectivity index (χ4n) is 2.87. The van der Waals surface area contributed by atoms with E-state index in [9.17, 15) is 4.79 Å². The van der Waals surface area contributed by atoms with Crippen molar-refractivity contribution < 1.29 is 14.3 Å². The highest BCUT2D eigenvalue weighted by molar-refractivity contribution is 5.66. The zero-order chi connectivity index (χ0) is 10.8. The van der Waals surface area contributed by atoms with E-state index in [-0.39, 0.29) is 12.1 Å². The van der Waals surface area contributed by atoms with E-state index in [0.717, 1.165) is 6.42 Å². The molecule has 0 saturated heterocycles. The van der Waals surface area contributed by atoms with Gasteiger partial charge in [-0.15, -0.1) is 0 Å². The van der Waals surface area contributed by atoms with Gasteiger partial charge in [-0.1, -0.05) is 12.2 Å². The van der Waals surface area contributed by atoms with Crippen LogP contribution in [-0.2, 0) is 14.3 Å². The highest BCUT2D eigenvalue weighted by atomic mass is 16.6. The van der Waals surface area contributed by atoms with Crippen molar-refractivity contribution in [3.63, 3.8) is 0 Å². The maximum Gasteiger partial charge on any atom is 0.302 e. The summed E-state index contributed by atoms with van der Waals surface area (Å²) >= 11 is 0. The van der Waals surface area contributed by atoms with Crippen molar-refractivity contribution >= 4 is 5.97 Å². The van der Waals surface area contributed by atoms with Gasteiger partial charge in [0.1, 0.15) is 6.10 Å². The molecule has 0 aromatic heterocycles. The molecule has 3 heteroatoms. The average Bonchev–Trinajstić information content (AvgIpc) is 2.77. The molecule has 0 aromatic carbocycles. The van der Waals surface area contributed by atoms with Crippen LogP contribution in [-0.4, -0.2) is 25.8 Å². The van der Waals surface area contributed by atoms with Crippen molar-refractivity contribution in [1.29, 1.82) is 0 Å². The van der Waals surface area contributed by atoms with Gasteiger partial charge in [-0.2, -0.15) is 0 Å². The Bertz CT molecular complexity index is 272. The zero-order valence-electron chi connectivity index (χ0n) is 9.31. The van der Waals surface area contributed by atoms with E-state index in [1.165, 1.54) is 13.3 Å². The largest absolute Gasteiger partial charge is 0.460 e. The van der Waals surface area contributed by atoms with Crippen LogP contribution in [0.1, 0.15) is 19.8 Å². The summed E-state index contributed by atoms with van der Waals surface area (Å²) in [6, 6.07) is 0. The molecule has 0 N–H and O–H groups in total. The summed E-state index contributed by atoms with van der Waals surface area (Å²) in [5.41, 5.74) is 0. The summed E-state index contributed by atoms with van der Waals surface area (Å²) in [5, 5.41) is 0. The SMILES string of the molecule is COCC(OC(C)=O)C1CC2C=CC1C2. The van der Waals surface area contributed by atoms with E-state index in [1.54, 1.807) is 7.11 Å². The number of hydrogen-bond acceptors (Lipinski definition) is 3. The molecule has 0 amide bonds. The van der Waals surface area contributed by atoms with Gasteiger partial charge in [0.25, 0.3) is 0 Å². The summed E-state index contributed by atoms with van der Waals surface area (Å²) in [6.07, 6.45) is 6.87. The monoisotopic (exact) mass is 210 g/mol. The Balaban J connectivity index is 1.98. The van der Waals surface area contributed by atoms with Gasteiger partial charge in [-0.25, -0.2) is 0 Å². The average molecular weight is 210 g/mol. The highest BCUT2D eigenvalue weighted by Crippen LogP contribution is 2.45. The van der Waals surface area contributed by atoms with Crippen LogP contribution in [0.4, 0.5) is 0 Å². The summed E-state index contributed by atoms with van der Waals surface area (Å²) in [4.78, 5) is 11.0. The molecule has 0 aromatic rings. The van der Waals surface area contributed by atoms with Gasteiger partial charge >= 0.3 is 5.97 Å². The van der Waals surface area contributed by atoms with Crippen LogP contribution in [0, 0.1) is 17.8 Å². The first-order valence-electron chi connectivity index (χ1n) is 5.55.